The Balaban J connectivity index is 2.36. The van der Waals surface area contributed by atoms with E-state index < -0.39 is 33.0 Å². The summed E-state index contributed by atoms with van der Waals surface area (Å²) in [7, 11) is -4.07. The number of aliphatic carboxylic acids is 1. The molecule has 1 saturated heterocycles. The monoisotopic (exact) mass is 288 g/mol. The fourth-order valence-electron chi connectivity index (χ4n) is 1.98. The molecule has 0 unspecified atom stereocenters. The number of nitrogens with zero attached hydrogens (tertiary/aromatic N) is 1. The van der Waals surface area contributed by atoms with Gasteiger partial charge in [-0.2, -0.15) is 4.31 Å². The summed E-state index contributed by atoms with van der Waals surface area (Å²) in [6, 6.07) is 1.13. The van der Waals surface area contributed by atoms with Gasteiger partial charge in [-0.25, -0.2) is 8.42 Å². The summed E-state index contributed by atoms with van der Waals surface area (Å²) in [4.78, 5) is 21.9. The third-order valence-corrected chi connectivity index (χ3v) is 4.66. The SMILES string of the molecule is NC(=O)c1ccc(S(=O)(=O)N2CCC[C@H]2C(=O)O)o1. The van der Waals surface area contributed by atoms with Gasteiger partial charge in [0.1, 0.15) is 6.04 Å². The van der Waals surface area contributed by atoms with Gasteiger partial charge in [-0.15, -0.1) is 0 Å². The van der Waals surface area contributed by atoms with Crippen LogP contribution in [-0.2, 0) is 14.8 Å². The summed E-state index contributed by atoms with van der Waals surface area (Å²) >= 11 is 0. The van der Waals surface area contributed by atoms with Crippen molar-refractivity contribution in [2.45, 2.75) is 24.0 Å². The number of primary amides is 1. The van der Waals surface area contributed by atoms with Crippen molar-refractivity contribution in [1.29, 1.82) is 0 Å². The first kappa shape index (κ1) is 13.6. The van der Waals surface area contributed by atoms with Crippen molar-refractivity contribution in [2.75, 3.05) is 6.54 Å². The van der Waals surface area contributed by atoms with Gasteiger partial charge >= 0.3 is 5.97 Å². The number of hydrogen-bond acceptors (Lipinski definition) is 5. The lowest BCUT2D eigenvalue weighted by Crippen LogP contribution is -2.40. The van der Waals surface area contributed by atoms with E-state index in [-0.39, 0.29) is 18.7 Å². The van der Waals surface area contributed by atoms with Crippen LogP contribution in [0.25, 0.3) is 0 Å². The van der Waals surface area contributed by atoms with Crippen LogP contribution in [0.3, 0.4) is 0 Å². The smallest absolute Gasteiger partial charge is 0.322 e. The summed E-state index contributed by atoms with van der Waals surface area (Å²) < 4.78 is 30.1. The second-order valence-corrected chi connectivity index (χ2v) is 5.92. The van der Waals surface area contributed by atoms with E-state index >= 15 is 0 Å². The molecule has 1 fully saturated rings. The lowest BCUT2D eigenvalue weighted by atomic mass is 10.2. The minimum absolute atomic E-state index is 0.103. The molecule has 1 aliphatic heterocycles. The average molecular weight is 288 g/mol. The number of sulfonamides is 1. The van der Waals surface area contributed by atoms with E-state index in [0.29, 0.717) is 6.42 Å². The third-order valence-electron chi connectivity index (χ3n) is 2.88. The molecule has 0 bridgehead atoms. The molecule has 0 aliphatic carbocycles. The Labute approximate surface area is 108 Å². The van der Waals surface area contributed by atoms with Gasteiger partial charge in [0.05, 0.1) is 0 Å². The first-order valence-electron chi connectivity index (χ1n) is 5.48. The molecule has 3 N–H and O–H groups in total. The Morgan fingerprint density at radius 2 is 2.11 bits per heavy atom. The van der Waals surface area contributed by atoms with E-state index in [0.717, 1.165) is 16.4 Å². The van der Waals surface area contributed by atoms with E-state index in [1.165, 1.54) is 0 Å². The molecule has 2 heterocycles. The van der Waals surface area contributed by atoms with E-state index in [9.17, 15) is 18.0 Å². The van der Waals surface area contributed by atoms with Gasteiger partial charge in [-0.05, 0) is 25.0 Å². The van der Waals surface area contributed by atoms with Crippen LogP contribution in [0.1, 0.15) is 23.4 Å². The fourth-order valence-corrected chi connectivity index (χ4v) is 3.55. The zero-order valence-corrected chi connectivity index (χ0v) is 10.6. The van der Waals surface area contributed by atoms with E-state index in [4.69, 9.17) is 15.3 Å². The quantitative estimate of drug-likeness (QED) is 0.776. The zero-order chi connectivity index (χ0) is 14.2. The number of hydrogen-bond donors (Lipinski definition) is 2. The number of amides is 1. The van der Waals surface area contributed by atoms with Crippen LogP contribution < -0.4 is 5.73 Å². The molecule has 1 aliphatic rings. The Bertz CT molecular complexity index is 620. The van der Waals surface area contributed by atoms with Gasteiger partial charge in [0.2, 0.25) is 5.09 Å². The minimum Gasteiger partial charge on any atom is -0.480 e. The molecule has 0 saturated carbocycles. The van der Waals surface area contributed by atoms with Crippen molar-refractivity contribution in [3.63, 3.8) is 0 Å². The fraction of sp³-hybridized carbons (Fsp3) is 0.400. The molecule has 1 aromatic rings. The maximum absolute atomic E-state index is 12.2. The Morgan fingerprint density at radius 1 is 1.42 bits per heavy atom. The molecule has 0 aromatic carbocycles. The zero-order valence-electron chi connectivity index (χ0n) is 9.77. The number of carboxylic acid groups (broad SMARTS) is 1. The summed E-state index contributed by atoms with van der Waals surface area (Å²) in [6.07, 6.45) is 0.706. The highest BCUT2D eigenvalue weighted by Gasteiger charge is 2.41. The van der Waals surface area contributed by atoms with Gasteiger partial charge in [0.25, 0.3) is 15.9 Å². The van der Waals surface area contributed by atoms with Gasteiger partial charge in [-0.3, -0.25) is 9.59 Å². The normalized spacial score (nSPS) is 20.5. The van der Waals surface area contributed by atoms with E-state index in [2.05, 4.69) is 0 Å². The number of nitrogens with two attached hydrogens (primary N) is 1. The van der Waals surface area contributed by atoms with Gasteiger partial charge in [-0.1, -0.05) is 0 Å². The highest BCUT2D eigenvalue weighted by Crippen LogP contribution is 2.27. The molecule has 1 aromatic heterocycles. The van der Waals surface area contributed by atoms with Gasteiger partial charge < -0.3 is 15.3 Å². The average Bonchev–Trinajstić information content (AvgIpc) is 2.98. The lowest BCUT2D eigenvalue weighted by molar-refractivity contribution is -0.140. The van der Waals surface area contributed by atoms with Crippen LogP contribution in [0.2, 0.25) is 0 Å². The molecule has 0 radical (unpaired) electrons. The highest BCUT2D eigenvalue weighted by molar-refractivity contribution is 7.89. The largest absolute Gasteiger partial charge is 0.480 e. The molecular formula is C10H12N2O6S. The molecular weight excluding hydrogens is 276 g/mol. The van der Waals surface area contributed by atoms with E-state index in [1.807, 2.05) is 0 Å². The van der Waals surface area contributed by atoms with Crippen LogP contribution in [0, 0.1) is 0 Å². The van der Waals surface area contributed by atoms with Crippen molar-refractivity contribution in [3.8, 4) is 0 Å². The maximum Gasteiger partial charge on any atom is 0.322 e. The summed E-state index contributed by atoms with van der Waals surface area (Å²) in [6.45, 7) is 0.103. The topological polar surface area (TPSA) is 131 Å². The molecule has 104 valence electrons. The van der Waals surface area contributed by atoms with Crippen LogP contribution >= 0.6 is 0 Å². The molecule has 0 spiro atoms. The molecule has 1 amide bonds. The Kier molecular flexibility index (Phi) is 3.33. The molecule has 1 atom stereocenters. The van der Waals surface area contributed by atoms with Gasteiger partial charge in [0.15, 0.2) is 5.76 Å². The van der Waals surface area contributed by atoms with Crippen LogP contribution in [0.5, 0.6) is 0 Å². The molecule has 2 rings (SSSR count). The van der Waals surface area contributed by atoms with Crippen molar-refractivity contribution in [2.24, 2.45) is 5.73 Å². The maximum atomic E-state index is 12.2. The molecule has 9 heteroatoms. The Hall–Kier alpha value is -1.87. The van der Waals surface area contributed by atoms with Crippen molar-refractivity contribution < 1.29 is 27.5 Å². The number of carbonyl (C=O) groups is 2. The van der Waals surface area contributed by atoms with E-state index in [1.54, 1.807) is 0 Å². The lowest BCUT2D eigenvalue weighted by Gasteiger charge is -2.19. The second kappa shape index (κ2) is 4.67. The van der Waals surface area contributed by atoms with Crippen molar-refractivity contribution in [1.82, 2.24) is 4.31 Å². The summed E-state index contributed by atoms with van der Waals surface area (Å²) in [5.74, 6) is -2.38. The second-order valence-electron chi connectivity index (χ2n) is 4.09. The highest BCUT2D eigenvalue weighted by atomic mass is 32.2. The van der Waals surface area contributed by atoms with Crippen LogP contribution in [0.15, 0.2) is 21.6 Å². The molecule has 8 nitrogen and oxygen atoms in total. The van der Waals surface area contributed by atoms with Crippen LogP contribution in [0.4, 0.5) is 0 Å². The van der Waals surface area contributed by atoms with Crippen molar-refractivity contribution >= 4 is 21.9 Å². The number of carbonyl (C=O) groups excluding carboxylic acids is 1. The predicted molar refractivity (Wildman–Crippen MR) is 61.8 cm³/mol. The van der Waals surface area contributed by atoms with Gasteiger partial charge in [0, 0.05) is 6.54 Å². The Morgan fingerprint density at radius 3 is 2.63 bits per heavy atom. The number of furan rings is 1. The first-order chi connectivity index (χ1) is 8.84. The molecule has 19 heavy (non-hydrogen) atoms. The third kappa shape index (κ3) is 2.34. The standard InChI is InChI=1S/C10H12N2O6S/c11-9(13)7-3-4-8(18-7)19(16,17)12-5-1-2-6(12)10(14)15/h3-4,6H,1-2,5H2,(H2,11,13)(H,14,15)/t6-/m0/s1. The van der Waals surface area contributed by atoms with Crippen LogP contribution in [-0.4, -0.2) is 42.3 Å². The summed E-state index contributed by atoms with van der Waals surface area (Å²) in [5.41, 5.74) is 4.96. The first-order valence-corrected chi connectivity index (χ1v) is 6.92. The van der Waals surface area contributed by atoms with Crippen molar-refractivity contribution in [3.05, 3.63) is 17.9 Å². The minimum atomic E-state index is -4.07. The summed E-state index contributed by atoms with van der Waals surface area (Å²) in [5, 5.41) is 8.50. The number of carboxylic acids is 1. The predicted octanol–water partition coefficient (Wildman–Crippen LogP) is -0.384. The number of rotatable bonds is 4.